The number of thioether (sulfide) groups is 1. The van der Waals surface area contributed by atoms with Crippen molar-refractivity contribution in [2.24, 2.45) is 0 Å². The Bertz CT molecular complexity index is 458. The molecule has 1 amide bonds. The highest BCUT2D eigenvalue weighted by molar-refractivity contribution is 7.99. The van der Waals surface area contributed by atoms with Gasteiger partial charge < -0.3 is 14.8 Å². The smallest absolute Gasteiger partial charge is 0.251 e. The van der Waals surface area contributed by atoms with Crippen molar-refractivity contribution in [2.75, 3.05) is 18.3 Å². The summed E-state index contributed by atoms with van der Waals surface area (Å²) in [5.74, 6) is 3.60. The number of hydrogen-bond acceptors (Lipinski definition) is 4. The molecule has 0 atom stereocenters. The number of hydrogen-bond donors (Lipinski definition) is 1. The zero-order chi connectivity index (χ0) is 12.4. The quantitative estimate of drug-likeness (QED) is 0.889. The van der Waals surface area contributed by atoms with Gasteiger partial charge in [0.2, 0.25) is 6.79 Å². The monoisotopic (exact) mass is 265 g/mol. The number of nitrogens with one attached hydrogen (secondary N) is 1. The van der Waals surface area contributed by atoms with Crippen molar-refractivity contribution in [3.05, 3.63) is 23.8 Å². The van der Waals surface area contributed by atoms with Crippen LogP contribution in [0, 0.1) is 0 Å². The summed E-state index contributed by atoms with van der Waals surface area (Å²) in [6.45, 7) is 0.236. The summed E-state index contributed by atoms with van der Waals surface area (Å²) in [7, 11) is 0. The molecule has 0 aromatic heterocycles. The average molecular weight is 265 g/mol. The van der Waals surface area contributed by atoms with E-state index in [1.54, 1.807) is 18.2 Å². The minimum absolute atomic E-state index is 0.0230. The van der Waals surface area contributed by atoms with Crippen LogP contribution in [0.15, 0.2) is 18.2 Å². The molecule has 1 aromatic rings. The highest BCUT2D eigenvalue weighted by Gasteiger charge is 2.19. The molecule has 0 saturated carbocycles. The molecule has 0 radical (unpaired) electrons. The topological polar surface area (TPSA) is 47.6 Å². The third kappa shape index (κ3) is 2.41. The summed E-state index contributed by atoms with van der Waals surface area (Å²) in [4.78, 5) is 12.1. The van der Waals surface area contributed by atoms with E-state index in [0.717, 1.165) is 24.3 Å². The van der Waals surface area contributed by atoms with Crippen molar-refractivity contribution >= 4 is 17.7 Å². The van der Waals surface area contributed by atoms with Gasteiger partial charge in [0.25, 0.3) is 5.91 Å². The third-order valence-corrected chi connectivity index (χ3v) is 4.24. The lowest BCUT2D eigenvalue weighted by molar-refractivity contribution is 0.0934. The second kappa shape index (κ2) is 5.10. The molecule has 2 aliphatic rings. The minimum atomic E-state index is -0.0230. The molecule has 0 bridgehead atoms. The zero-order valence-corrected chi connectivity index (χ0v) is 10.8. The Hall–Kier alpha value is -1.36. The predicted molar refractivity (Wildman–Crippen MR) is 70.4 cm³/mol. The van der Waals surface area contributed by atoms with E-state index in [2.05, 4.69) is 5.32 Å². The molecule has 96 valence electrons. The van der Waals surface area contributed by atoms with Crippen molar-refractivity contribution in [1.82, 2.24) is 5.32 Å². The molecule has 2 heterocycles. The Labute approximate surface area is 110 Å². The highest BCUT2D eigenvalue weighted by atomic mass is 32.2. The minimum Gasteiger partial charge on any atom is -0.454 e. The van der Waals surface area contributed by atoms with E-state index in [1.807, 2.05) is 11.8 Å². The normalized spacial score (nSPS) is 18.7. The van der Waals surface area contributed by atoms with Crippen LogP contribution < -0.4 is 14.8 Å². The molecular formula is C13H15NO3S. The lowest BCUT2D eigenvalue weighted by atomic mass is 10.1. The Balaban J connectivity index is 1.68. The number of rotatable bonds is 2. The van der Waals surface area contributed by atoms with Gasteiger partial charge in [-0.05, 0) is 42.5 Å². The van der Waals surface area contributed by atoms with Crippen molar-refractivity contribution in [3.8, 4) is 11.5 Å². The van der Waals surface area contributed by atoms with Gasteiger partial charge in [0, 0.05) is 11.6 Å². The first-order chi connectivity index (χ1) is 8.83. The van der Waals surface area contributed by atoms with E-state index in [0.29, 0.717) is 23.1 Å². The molecule has 18 heavy (non-hydrogen) atoms. The van der Waals surface area contributed by atoms with Gasteiger partial charge in [-0.15, -0.1) is 0 Å². The van der Waals surface area contributed by atoms with Crippen LogP contribution in [0.5, 0.6) is 11.5 Å². The Morgan fingerprint density at radius 2 is 2.00 bits per heavy atom. The summed E-state index contributed by atoms with van der Waals surface area (Å²) >= 11 is 1.95. The first-order valence-corrected chi connectivity index (χ1v) is 7.26. The van der Waals surface area contributed by atoms with Gasteiger partial charge >= 0.3 is 0 Å². The second-order valence-corrected chi connectivity index (χ2v) is 5.65. The Morgan fingerprint density at radius 1 is 1.22 bits per heavy atom. The number of carbonyl (C=O) groups excluding carboxylic acids is 1. The standard InChI is InChI=1S/C13H15NO3S/c15-13(14-10-3-5-18-6-4-10)9-1-2-11-12(7-9)17-8-16-11/h1-2,7,10H,3-6,8H2,(H,14,15). The molecule has 1 saturated heterocycles. The van der Waals surface area contributed by atoms with Crippen molar-refractivity contribution in [3.63, 3.8) is 0 Å². The van der Waals surface area contributed by atoms with Crippen LogP contribution in [0.4, 0.5) is 0 Å². The maximum Gasteiger partial charge on any atom is 0.251 e. The van der Waals surface area contributed by atoms with Crippen LogP contribution >= 0.6 is 11.8 Å². The number of fused-ring (bicyclic) bond motifs is 1. The number of ether oxygens (including phenoxy) is 2. The molecule has 2 aliphatic heterocycles. The molecule has 1 fully saturated rings. The Morgan fingerprint density at radius 3 is 2.83 bits per heavy atom. The molecular weight excluding hydrogens is 250 g/mol. The Kier molecular flexibility index (Phi) is 3.32. The summed E-state index contributed by atoms with van der Waals surface area (Å²) in [5, 5.41) is 3.08. The molecule has 5 heteroatoms. The van der Waals surface area contributed by atoms with Gasteiger partial charge in [-0.1, -0.05) is 0 Å². The van der Waals surface area contributed by atoms with Crippen LogP contribution in [0.25, 0.3) is 0 Å². The second-order valence-electron chi connectivity index (χ2n) is 4.43. The van der Waals surface area contributed by atoms with Gasteiger partial charge in [0.1, 0.15) is 0 Å². The van der Waals surface area contributed by atoms with Crippen LogP contribution in [0.2, 0.25) is 0 Å². The first kappa shape index (κ1) is 11.7. The lowest BCUT2D eigenvalue weighted by Crippen LogP contribution is -2.37. The predicted octanol–water partition coefficient (Wildman–Crippen LogP) is 2.04. The fourth-order valence-electron chi connectivity index (χ4n) is 2.15. The largest absolute Gasteiger partial charge is 0.454 e. The van der Waals surface area contributed by atoms with E-state index in [1.165, 1.54) is 0 Å². The van der Waals surface area contributed by atoms with E-state index in [-0.39, 0.29) is 12.7 Å². The summed E-state index contributed by atoms with van der Waals surface area (Å²) < 4.78 is 10.5. The fraction of sp³-hybridized carbons (Fsp3) is 0.462. The molecule has 0 spiro atoms. The highest BCUT2D eigenvalue weighted by Crippen LogP contribution is 2.32. The van der Waals surface area contributed by atoms with Crippen LogP contribution in [0.3, 0.4) is 0 Å². The van der Waals surface area contributed by atoms with Gasteiger partial charge in [-0.3, -0.25) is 4.79 Å². The number of benzene rings is 1. The molecule has 1 N–H and O–H groups in total. The average Bonchev–Trinajstić information content (AvgIpc) is 2.87. The molecule has 0 aliphatic carbocycles. The maximum atomic E-state index is 12.1. The van der Waals surface area contributed by atoms with Crippen molar-refractivity contribution < 1.29 is 14.3 Å². The van der Waals surface area contributed by atoms with E-state index < -0.39 is 0 Å². The van der Waals surface area contributed by atoms with Gasteiger partial charge in [-0.25, -0.2) is 0 Å². The van der Waals surface area contributed by atoms with Gasteiger partial charge in [0.15, 0.2) is 11.5 Å². The van der Waals surface area contributed by atoms with Crippen molar-refractivity contribution in [1.29, 1.82) is 0 Å². The molecule has 0 unspecified atom stereocenters. The van der Waals surface area contributed by atoms with Gasteiger partial charge in [0.05, 0.1) is 0 Å². The first-order valence-electron chi connectivity index (χ1n) is 6.11. The SMILES string of the molecule is O=C(NC1CCSCC1)c1ccc2c(c1)OCO2. The van der Waals surface area contributed by atoms with E-state index in [9.17, 15) is 4.79 Å². The summed E-state index contributed by atoms with van der Waals surface area (Å²) in [5.41, 5.74) is 0.637. The lowest BCUT2D eigenvalue weighted by Gasteiger charge is -2.22. The van der Waals surface area contributed by atoms with Crippen LogP contribution in [-0.2, 0) is 0 Å². The van der Waals surface area contributed by atoms with Gasteiger partial charge in [-0.2, -0.15) is 11.8 Å². The maximum absolute atomic E-state index is 12.1. The fourth-order valence-corrected chi connectivity index (χ4v) is 3.25. The number of amides is 1. The third-order valence-electron chi connectivity index (χ3n) is 3.19. The molecule has 3 rings (SSSR count). The summed E-state index contributed by atoms with van der Waals surface area (Å²) in [6, 6.07) is 5.62. The van der Waals surface area contributed by atoms with Crippen LogP contribution in [0.1, 0.15) is 23.2 Å². The van der Waals surface area contributed by atoms with Crippen LogP contribution in [-0.4, -0.2) is 30.2 Å². The molecule has 4 nitrogen and oxygen atoms in total. The summed E-state index contributed by atoms with van der Waals surface area (Å²) in [6.07, 6.45) is 2.11. The van der Waals surface area contributed by atoms with E-state index in [4.69, 9.17) is 9.47 Å². The van der Waals surface area contributed by atoms with E-state index >= 15 is 0 Å². The molecule has 1 aromatic carbocycles. The number of carbonyl (C=O) groups is 1. The zero-order valence-electron chi connectivity index (χ0n) is 9.98. The van der Waals surface area contributed by atoms with Crippen molar-refractivity contribution in [2.45, 2.75) is 18.9 Å².